The molecule has 2 amide bonds. The molecule has 2 aliphatic rings. The number of imide groups is 1. The molecular weight excluding hydrogens is 182 g/mol. The largest absolute Gasteiger partial charge is 0.368 e. The summed E-state index contributed by atoms with van der Waals surface area (Å²) < 4.78 is 5.27. The lowest BCUT2D eigenvalue weighted by atomic mass is 10.1. The molecule has 4 heteroatoms. The SMILES string of the molecule is CCC1(CN2C(=O)C=C(C)C2=O)CO1. The second kappa shape index (κ2) is 2.92. The topological polar surface area (TPSA) is 49.9 Å². The molecule has 0 N–H and O–H groups in total. The monoisotopic (exact) mass is 195 g/mol. The van der Waals surface area contributed by atoms with Gasteiger partial charge in [-0.2, -0.15) is 0 Å². The van der Waals surface area contributed by atoms with Gasteiger partial charge in [0.05, 0.1) is 13.2 Å². The van der Waals surface area contributed by atoms with Gasteiger partial charge in [-0.25, -0.2) is 0 Å². The van der Waals surface area contributed by atoms with Gasteiger partial charge >= 0.3 is 0 Å². The molecule has 1 saturated heterocycles. The highest BCUT2D eigenvalue weighted by molar-refractivity contribution is 6.15. The molecule has 0 radical (unpaired) electrons. The van der Waals surface area contributed by atoms with Gasteiger partial charge in [-0.3, -0.25) is 14.5 Å². The first-order valence-corrected chi connectivity index (χ1v) is 4.76. The van der Waals surface area contributed by atoms with E-state index in [0.29, 0.717) is 18.7 Å². The van der Waals surface area contributed by atoms with Crippen LogP contribution in [0.2, 0.25) is 0 Å². The van der Waals surface area contributed by atoms with Gasteiger partial charge < -0.3 is 4.74 Å². The lowest BCUT2D eigenvalue weighted by molar-refractivity contribution is -0.138. The molecule has 1 fully saturated rings. The van der Waals surface area contributed by atoms with Crippen molar-refractivity contribution in [3.63, 3.8) is 0 Å². The van der Waals surface area contributed by atoms with Crippen LogP contribution in [0.1, 0.15) is 20.3 Å². The number of rotatable bonds is 3. The number of amides is 2. The predicted octanol–water partition coefficient (Wildman–Crippen LogP) is 0.481. The van der Waals surface area contributed by atoms with Gasteiger partial charge in [0, 0.05) is 11.6 Å². The van der Waals surface area contributed by atoms with Crippen LogP contribution >= 0.6 is 0 Å². The van der Waals surface area contributed by atoms with Crippen LogP contribution in [0.25, 0.3) is 0 Å². The molecule has 0 aliphatic carbocycles. The normalized spacial score (nSPS) is 31.0. The summed E-state index contributed by atoms with van der Waals surface area (Å²) in [5.74, 6) is -0.394. The first kappa shape index (κ1) is 9.40. The highest BCUT2D eigenvalue weighted by Crippen LogP contribution is 2.32. The van der Waals surface area contributed by atoms with E-state index in [9.17, 15) is 9.59 Å². The summed E-state index contributed by atoms with van der Waals surface area (Å²) in [7, 11) is 0. The van der Waals surface area contributed by atoms with Crippen molar-refractivity contribution in [2.75, 3.05) is 13.2 Å². The predicted molar refractivity (Wildman–Crippen MR) is 49.5 cm³/mol. The molecule has 1 atom stereocenters. The van der Waals surface area contributed by atoms with Crippen LogP contribution in [0.3, 0.4) is 0 Å². The molecule has 0 aromatic carbocycles. The van der Waals surface area contributed by atoms with Gasteiger partial charge in [0.1, 0.15) is 5.60 Å². The Kier molecular flexibility index (Phi) is 1.96. The lowest BCUT2D eigenvalue weighted by Gasteiger charge is -2.18. The molecule has 2 heterocycles. The van der Waals surface area contributed by atoms with Crippen LogP contribution in [-0.2, 0) is 14.3 Å². The second-order valence-corrected chi connectivity index (χ2v) is 3.88. The van der Waals surface area contributed by atoms with E-state index in [-0.39, 0.29) is 17.4 Å². The zero-order valence-corrected chi connectivity index (χ0v) is 8.37. The molecule has 1 unspecified atom stereocenters. The average Bonchev–Trinajstić information content (AvgIpc) is 2.88. The van der Waals surface area contributed by atoms with E-state index in [4.69, 9.17) is 4.74 Å². The third-order valence-electron chi connectivity index (χ3n) is 2.83. The van der Waals surface area contributed by atoms with E-state index in [1.54, 1.807) is 6.92 Å². The number of carbonyl (C=O) groups excluding carboxylic acids is 2. The maximum Gasteiger partial charge on any atom is 0.256 e. The maximum atomic E-state index is 11.5. The van der Waals surface area contributed by atoms with E-state index in [0.717, 1.165) is 6.42 Å². The minimum atomic E-state index is -0.246. The average molecular weight is 195 g/mol. The van der Waals surface area contributed by atoms with Crippen LogP contribution in [-0.4, -0.2) is 35.5 Å². The highest BCUT2D eigenvalue weighted by atomic mass is 16.6. The Balaban J connectivity index is 2.07. The Hall–Kier alpha value is -1.16. The molecule has 2 aliphatic heterocycles. The second-order valence-electron chi connectivity index (χ2n) is 3.88. The molecule has 0 aromatic heterocycles. The summed E-state index contributed by atoms with van der Waals surface area (Å²) in [5, 5.41) is 0. The Labute approximate surface area is 82.5 Å². The Bertz CT molecular complexity index is 328. The van der Waals surface area contributed by atoms with Crippen molar-refractivity contribution in [2.24, 2.45) is 0 Å². The number of epoxide rings is 1. The van der Waals surface area contributed by atoms with E-state index in [1.165, 1.54) is 11.0 Å². The van der Waals surface area contributed by atoms with Crippen molar-refractivity contribution >= 4 is 11.8 Å². The summed E-state index contributed by atoms with van der Waals surface area (Å²) in [4.78, 5) is 24.2. The molecule has 0 spiro atoms. The number of hydrogen-bond acceptors (Lipinski definition) is 3. The number of ether oxygens (including phenoxy) is 1. The summed E-state index contributed by atoms with van der Waals surface area (Å²) in [6.45, 7) is 4.71. The van der Waals surface area contributed by atoms with Crippen molar-refractivity contribution in [3.8, 4) is 0 Å². The summed E-state index contributed by atoms with van der Waals surface area (Å²) in [6.07, 6.45) is 2.22. The van der Waals surface area contributed by atoms with Gasteiger partial charge in [-0.05, 0) is 13.3 Å². The molecule has 0 saturated carbocycles. The molecule has 14 heavy (non-hydrogen) atoms. The Morgan fingerprint density at radius 3 is 2.57 bits per heavy atom. The molecule has 0 aromatic rings. The van der Waals surface area contributed by atoms with Crippen LogP contribution in [0, 0.1) is 0 Å². The van der Waals surface area contributed by atoms with Crippen LogP contribution in [0.4, 0.5) is 0 Å². The number of nitrogens with zero attached hydrogens (tertiary/aromatic N) is 1. The quantitative estimate of drug-likeness (QED) is 0.486. The zero-order chi connectivity index (χ0) is 10.3. The van der Waals surface area contributed by atoms with E-state index in [2.05, 4.69) is 0 Å². The first-order chi connectivity index (χ1) is 6.58. The van der Waals surface area contributed by atoms with Crippen molar-refractivity contribution < 1.29 is 14.3 Å². The van der Waals surface area contributed by atoms with Gasteiger partial charge in [0.25, 0.3) is 11.8 Å². The lowest BCUT2D eigenvalue weighted by Crippen LogP contribution is -2.39. The first-order valence-electron chi connectivity index (χ1n) is 4.76. The Morgan fingerprint density at radius 2 is 2.21 bits per heavy atom. The number of carbonyl (C=O) groups is 2. The standard InChI is InChI=1S/C10H13NO3/c1-3-10(6-14-10)5-11-8(12)4-7(2)9(11)13/h4H,3,5-6H2,1-2H3. The molecule has 76 valence electrons. The van der Waals surface area contributed by atoms with Gasteiger partial charge in [-0.15, -0.1) is 0 Å². The molecule has 2 rings (SSSR count). The van der Waals surface area contributed by atoms with Crippen molar-refractivity contribution in [1.82, 2.24) is 4.90 Å². The van der Waals surface area contributed by atoms with Crippen LogP contribution in [0.5, 0.6) is 0 Å². The third-order valence-corrected chi connectivity index (χ3v) is 2.83. The minimum Gasteiger partial charge on any atom is -0.368 e. The number of hydrogen-bond donors (Lipinski definition) is 0. The molecule has 0 bridgehead atoms. The fourth-order valence-electron chi connectivity index (χ4n) is 1.58. The van der Waals surface area contributed by atoms with E-state index < -0.39 is 0 Å². The van der Waals surface area contributed by atoms with Gasteiger partial charge in [0.2, 0.25) is 0 Å². The smallest absolute Gasteiger partial charge is 0.256 e. The van der Waals surface area contributed by atoms with Gasteiger partial charge in [-0.1, -0.05) is 6.92 Å². The maximum absolute atomic E-state index is 11.5. The van der Waals surface area contributed by atoms with Crippen LogP contribution < -0.4 is 0 Å². The van der Waals surface area contributed by atoms with Crippen molar-refractivity contribution in [3.05, 3.63) is 11.6 Å². The van der Waals surface area contributed by atoms with Gasteiger partial charge in [0.15, 0.2) is 0 Å². The fourth-order valence-corrected chi connectivity index (χ4v) is 1.58. The highest BCUT2D eigenvalue weighted by Gasteiger charge is 2.47. The van der Waals surface area contributed by atoms with E-state index >= 15 is 0 Å². The van der Waals surface area contributed by atoms with Crippen LogP contribution in [0.15, 0.2) is 11.6 Å². The fraction of sp³-hybridized carbons (Fsp3) is 0.600. The molecular formula is C10H13NO3. The third kappa shape index (κ3) is 1.35. The minimum absolute atomic E-state index is 0.182. The molecule has 4 nitrogen and oxygen atoms in total. The Morgan fingerprint density at radius 1 is 1.57 bits per heavy atom. The van der Waals surface area contributed by atoms with Crippen molar-refractivity contribution in [1.29, 1.82) is 0 Å². The van der Waals surface area contributed by atoms with Crippen molar-refractivity contribution in [2.45, 2.75) is 25.9 Å². The summed E-state index contributed by atoms with van der Waals surface area (Å²) >= 11 is 0. The summed E-state index contributed by atoms with van der Waals surface area (Å²) in [6, 6.07) is 0. The summed E-state index contributed by atoms with van der Waals surface area (Å²) in [5.41, 5.74) is 0.269. The zero-order valence-electron chi connectivity index (χ0n) is 8.37. The van der Waals surface area contributed by atoms with E-state index in [1.807, 2.05) is 6.92 Å².